The molecule has 174 valence electrons. The molecule has 1 aliphatic rings. The quantitative estimate of drug-likeness (QED) is 0.644. The minimum Gasteiger partial charge on any atom is -0.372 e. The predicted octanol–water partition coefficient (Wildman–Crippen LogP) is 3.50. The summed E-state index contributed by atoms with van der Waals surface area (Å²) in [6.07, 6.45) is 1.80. The number of amides is 2. The number of hydrogen-bond donors (Lipinski definition) is 1. The van der Waals surface area contributed by atoms with E-state index in [2.05, 4.69) is 15.4 Å². The van der Waals surface area contributed by atoms with Crippen molar-refractivity contribution < 1.29 is 14.3 Å². The van der Waals surface area contributed by atoms with Crippen LogP contribution in [0.25, 0.3) is 11.0 Å². The number of pyridine rings is 1. The van der Waals surface area contributed by atoms with Crippen molar-refractivity contribution in [3.63, 3.8) is 0 Å². The molecule has 1 saturated heterocycles. The minimum atomic E-state index is -0.185. The zero-order valence-corrected chi connectivity index (χ0v) is 19.8. The van der Waals surface area contributed by atoms with Crippen molar-refractivity contribution in [3.05, 3.63) is 58.9 Å². The molecule has 1 aliphatic heterocycles. The van der Waals surface area contributed by atoms with Gasteiger partial charge < -0.3 is 15.0 Å². The first-order valence-electron chi connectivity index (χ1n) is 11.4. The first-order chi connectivity index (χ1) is 15.7. The number of ether oxygens (including phenoxy) is 1. The molecular formula is C25H31N5O3. The summed E-state index contributed by atoms with van der Waals surface area (Å²) in [5.74, 6) is -0.180. The van der Waals surface area contributed by atoms with Gasteiger partial charge in [-0.2, -0.15) is 5.10 Å². The molecule has 0 spiro atoms. The Morgan fingerprint density at radius 2 is 1.82 bits per heavy atom. The highest BCUT2D eigenvalue weighted by Gasteiger charge is 2.26. The average Bonchev–Trinajstić information content (AvgIpc) is 3.19. The third kappa shape index (κ3) is 4.90. The molecule has 2 aromatic heterocycles. The number of carbonyl (C=O) groups excluding carboxylic acids is 2. The molecule has 3 heterocycles. The summed E-state index contributed by atoms with van der Waals surface area (Å²) in [5, 5.41) is 8.18. The molecule has 1 N–H and O–H groups in total. The van der Waals surface area contributed by atoms with Crippen molar-refractivity contribution in [3.8, 4) is 0 Å². The number of aromatic nitrogens is 3. The van der Waals surface area contributed by atoms with Crippen molar-refractivity contribution in [1.29, 1.82) is 0 Å². The van der Waals surface area contributed by atoms with Gasteiger partial charge in [0, 0.05) is 36.6 Å². The van der Waals surface area contributed by atoms with Crippen LogP contribution in [0.4, 0.5) is 0 Å². The van der Waals surface area contributed by atoms with E-state index in [4.69, 9.17) is 4.74 Å². The molecule has 0 aliphatic carbocycles. The molecule has 0 saturated carbocycles. The second kappa shape index (κ2) is 9.31. The van der Waals surface area contributed by atoms with Crippen LogP contribution in [0, 0.1) is 6.92 Å². The molecule has 0 bridgehead atoms. The van der Waals surface area contributed by atoms with Gasteiger partial charge in [-0.1, -0.05) is 12.1 Å². The van der Waals surface area contributed by atoms with E-state index in [0.717, 1.165) is 16.6 Å². The monoisotopic (exact) mass is 449 g/mol. The van der Waals surface area contributed by atoms with Gasteiger partial charge in [0.05, 0.1) is 29.7 Å². The molecule has 2 amide bonds. The van der Waals surface area contributed by atoms with Crippen LogP contribution in [0.5, 0.6) is 0 Å². The van der Waals surface area contributed by atoms with Crippen molar-refractivity contribution in [2.75, 3.05) is 13.1 Å². The highest BCUT2D eigenvalue weighted by molar-refractivity contribution is 5.98. The molecule has 8 nitrogen and oxygen atoms in total. The Hall–Kier alpha value is -3.26. The zero-order chi connectivity index (χ0) is 23.7. The molecule has 1 fully saturated rings. The first-order valence-corrected chi connectivity index (χ1v) is 11.4. The second-order valence-corrected chi connectivity index (χ2v) is 9.06. The lowest BCUT2D eigenvalue weighted by molar-refractivity contribution is -0.0586. The summed E-state index contributed by atoms with van der Waals surface area (Å²) in [6, 6.07) is 9.41. The van der Waals surface area contributed by atoms with Crippen LogP contribution in [0.2, 0.25) is 0 Å². The molecule has 1 aromatic carbocycles. The zero-order valence-electron chi connectivity index (χ0n) is 19.8. The molecule has 3 aromatic rings. The Kier molecular flexibility index (Phi) is 6.47. The Bertz CT molecular complexity index is 1160. The van der Waals surface area contributed by atoms with Crippen LogP contribution >= 0.6 is 0 Å². The molecule has 0 radical (unpaired) electrons. The minimum absolute atomic E-state index is 0.00420. The van der Waals surface area contributed by atoms with E-state index in [1.54, 1.807) is 6.20 Å². The number of fused-ring (bicyclic) bond motifs is 1. The lowest BCUT2D eigenvalue weighted by Crippen LogP contribution is -2.48. The largest absolute Gasteiger partial charge is 0.372 e. The number of rotatable bonds is 5. The Labute approximate surface area is 193 Å². The van der Waals surface area contributed by atoms with Crippen LogP contribution in [-0.4, -0.2) is 56.8 Å². The Morgan fingerprint density at radius 3 is 2.45 bits per heavy atom. The normalized spacial score (nSPS) is 18.7. The summed E-state index contributed by atoms with van der Waals surface area (Å²) in [5.41, 5.74) is 3.54. The number of nitrogens with zero attached hydrogens (tertiary/aromatic N) is 4. The lowest BCUT2D eigenvalue weighted by Gasteiger charge is -2.35. The topological polar surface area (TPSA) is 89.3 Å². The average molecular weight is 450 g/mol. The van der Waals surface area contributed by atoms with Gasteiger partial charge in [0.2, 0.25) is 0 Å². The van der Waals surface area contributed by atoms with Crippen molar-refractivity contribution >= 4 is 22.8 Å². The van der Waals surface area contributed by atoms with Gasteiger partial charge in [-0.05, 0) is 58.4 Å². The summed E-state index contributed by atoms with van der Waals surface area (Å²) in [7, 11) is 0. The SMILES string of the molecule is Cc1nc2c(cnn2C(C)C)cc1C(=O)NCc1ccc(C(=O)N2CC(C)OC(C)C2)cc1. The third-order valence-corrected chi connectivity index (χ3v) is 5.85. The van der Waals surface area contributed by atoms with Gasteiger partial charge in [0.25, 0.3) is 11.8 Å². The maximum atomic E-state index is 12.8. The van der Waals surface area contributed by atoms with Crippen molar-refractivity contribution in [2.24, 2.45) is 0 Å². The van der Waals surface area contributed by atoms with Crippen molar-refractivity contribution in [2.45, 2.75) is 59.4 Å². The summed E-state index contributed by atoms with van der Waals surface area (Å²) in [4.78, 5) is 32.1. The lowest BCUT2D eigenvalue weighted by atomic mass is 10.1. The van der Waals surface area contributed by atoms with Gasteiger partial charge >= 0.3 is 0 Å². The highest BCUT2D eigenvalue weighted by atomic mass is 16.5. The van der Waals surface area contributed by atoms with Crippen LogP contribution in [0.3, 0.4) is 0 Å². The predicted molar refractivity (Wildman–Crippen MR) is 126 cm³/mol. The van der Waals surface area contributed by atoms with Crippen LogP contribution in [0.1, 0.15) is 65.7 Å². The maximum Gasteiger partial charge on any atom is 0.254 e. The van der Waals surface area contributed by atoms with Crippen LogP contribution in [0.15, 0.2) is 36.5 Å². The fourth-order valence-electron chi connectivity index (χ4n) is 4.24. The number of benzene rings is 1. The smallest absolute Gasteiger partial charge is 0.254 e. The molecule has 2 atom stereocenters. The van der Waals surface area contributed by atoms with Gasteiger partial charge in [0.15, 0.2) is 5.65 Å². The fourth-order valence-corrected chi connectivity index (χ4v) is 4.24. The Morgan fingerprint density at radius 1 is 1.15 bits per heavy atom. The standard InChI is InChI=1S/C25H31N5O3/c1-15(2)30-23-21(12-27-30)10-22(18(5)28-23)24(31)26-11-19-6-8-20(9-7-19)25(32)29-13-16(3)33-17(4)14-29/h6-10,12,15-17H,11,13-14H2,1-5H3,(H,26,31). The number of aryl methyl sites for hydroxylation is 1. The second-order valence-electron chi connectivity index (χ2n) is 9.06. The number of carbonyl (C=O) groups is 2. The van der Waals surface area contributed by atoms with E-state index in [0.29, 0.717) is 36.5 Å². The highest BCUT2D eigenvalue weighted by Crippen LogP contribution is 2.20. The van der Waals surface area contributed by atoms with Gasteiger partial charge in [-0.25, -0.2) is 9.67 Å². The van der Waals surface area contributed by atoms with E-state index in [9.17, 15) is 9.59 Å². The molecular weight excluding hydrogens is 418 g/mol. The van der Waals surface area contributed by atoms with E-state index in [1.807, 2.05) is 74.5 Å². The van der Waals surface area contributed by atoms with E-state index in [1.165, 1.54) is 0 Å². The Balaban J connectivity index is 1.40. The first kappa shape index (κ1) is 22.9. The molecule has 33 heavy (non-hydrogen) atoms. The summed E-state index contributed by atoms with van der Waals surface area (Å²) >= 11 is 0. The maximum absolute atomic E-state index is 12.8. The summed E-state index contributed by atoms with van der Waals surface area (Å²) < 4.78 is 7.57. The number of morpholine rings is 1. The summed E-state index contributed by atoms with van der Waals surface area (Å²) in [6.45, 7) is 11.4. The van der Waals surface area contributed by atoms with Gasteiger partial charge in [0.1, 0.15) is 0 Å². The van der Waals surface area contributed by atoms with E-state index in [-0.39, 0.29) is 30.1 Å². The van der Waals surface area contributed by atoms with Gasteiger partial charge in [-0.15, -0.1) is 0 Å². The fraction of sp³-hybridized carbons (Fsp3) is 0.440. The number of nitrogens with one attached hydrogen (secondary N) is 1. The molecule has 4 rings (SSSR count). The molecule has 8 heteroatoms. The van der Waals surface area contributed by atoms with Crippen LogP contribution < -0.4 is 5.32 Å². The van der Waals surface area contributed by atoms with Crippen molar-refractivity contribution in [1.82, 2.24) is 25.0 Å². The van der Waals surface area contributed by atoms with E-state index >= 15 is 0 Å². The molecule has 2 unspecified atom stereocenters. The van der Waals surface area contributed by atoms with Gasteiger partial charge in [-0.3, -0.25) is 9.59 Å². The number of hydrogen-bond acceptors (Lipinski definition) is 5. The van der Waals surface area contributed by atoms with Crippen LogP contribution in [-0.2, 0) is 11.3 Å². The van der Waals surface area contributed by atoms with E-state index < -0.39 is 0 Å². The third-order valence-electron chi connectivity index (χ3n) is 5.85.